The molecule has 0 saturated heterocycles. The number of halogens is 2. The van der Waals surface area contributed by atoms with Crippen LogP contribution in [0.3, 0.4) is 0 Å². The van der Waals surface area contributed by atoms with E-state index in [1.165, 1.54) is 13.2 Å². The highest BCUT2D eigenvalue weighted by molar-refractivity contribution is 5.75. The van der Waals surface area contributed by atoms with Gasteiger partial charge in [0.1, 0.15) is 6.04 Å². The van der Waals surface area contributed by atoms with E-state index in [1.807, 2.05) is 13.8 Å². The monoisotopic (exact) mass is 301 g/mol. The Bertz CT molecular complexity index is 480. The van der Waals surface area contributed by atoms with E-state index < -0.39 is 29.7 Å². The lowest BCUT2D eigenvalue weighted by Gasteiger charge is -2.20. The number of carbonyl (C=O) groups excluding carboxylic acids is 1. The lowest BCUT2D eigenvalue weighted by atomic mass is 10.0. The Morgan fingerprint density at radius 3 is 2.52 bits per heavy atom. The number of esters is 1. The average Bonchev–Trinajstić information content (AvgIpc) is 2.44. The molecule has 0 aliphatic heterocycles. The van der Waals surface area contributed by atoms with Gasteiger partial charge in [-0.2, -0.15) is 0 Å². The molecule has 1 aromatic rings. The number of rotatable bonds is 7. The summed E-state index contributed by atoms with van der Waals surface area (Å²) in [4.78, 5) is 11.6. The molecule has 4 nitrogen and oxygen atoms in total. The fourth-order valence-corrected chi connectivity index (χ4v) is 1.97. The van der Waals surface area contributed by atoms with Gasteiger partial charge >= 0.3 is 5.97 Å². The summed E-state index contributed by atoms with van der Waals surface area (Å²) < 4.78 is 30.6. The van der Waals surface area contributed by atoms with Crippen molar-refractivity contribution in [1.29, 1.82) is 0 Å². The van der Waals surface area contributed by atoms with E-state index in [2.05, 4.69) is 5.32 Å². The second-order valence-electron chi connectivity index (χ2n) is 5.30. The van der Waals surface area contributed by atoms with Gasteiger partial charge < -0.3 is 15.2 Å². The molecular weight excluding hydrogens is 280 g/mol. The number of methoxy groups -OCH3 is 1. The van der Waals surface area contributed by atoms with Crippen LogP contribution >= 0.6 is 0 Å². The lowest BCUT2D eigenvalue weighted by Crippen LogP contribution is -2.40. The Morgan fingerprint density at radius 1 is 1.33 bits per heavy atom. The fourth-order valence-electron chi connectivity index (χ4n) is 1.97. The summed E-state index contributed by atoms with van der Waals surface area (Å²) in [6.07, 6.45) is -0.489. The maximum atomic E-state index is 13.1. The predicted molar refractivity (Wildman–Crippen MR) is 74.6 cm³/mol. The maximum absolute atomic E-state index is 13.1. The van der Waals surface area contributed by atoms with Gasteiger partial charge in [0.2, 0.25) is 0 Å². The first-order chi connectivity index (χ1) is 9.85. The summed E-state index contributed by atoms with van der Waals surface area (Å²) in [6, 6.07) is 2.66. The summed E-state index contributed by atoms with van der Waals surface area (Å²) in [7, 11) is 1.29. The first-order valence-corrected chi connectivity index (χ1v) is 6.79. The van der Waals surface area contributed by atoms with Crippen LogP contribution < -0.4 is 5.32 Å². The highest BCUT2D eigenvalue weighted by Gasteiger charge is 2.21. The number of aliphatic hydroxyl groups excluding tert-OH is 1. The zero-order chi connectivity index (χ0) is 16.0. The number of hydrogen-bond donors (Lipinski definition) is 2. The molecule has 21 heavy (non-hydrogen) atoms. The Hall–Kier alpha value is -1.53. The summed E-state index contributed by atoms with van der Waals surface area (Å²) in [5.74, 6) is -2.13. The molecule has 0 aromatic heterocycles. The smallest absolute Gasteiger partial charge is 0.322 e. The fraction of sp³-hybridized carbons (Fsp3) is 0.533. The van der Waals surface area contributed by atoms with Crippen LogP contribution in [-0.2, 0) is 9.53 Å². The van der Waals surface area contributed by atoms with Crippen LogP contribution in [0.25, 0.3) is 0 Å². The molecule has 2 unspecified atom stereocenters. The highest BCUT2D eigenvalue weighted by Crippen LogP contribution is 2.16. The first-order valence-electron chi connectivity index (χ1n) is 6.79. The van der Waals surface area contributed by atoms with E-state index in [-0.39, 0.29) is 18.0 Å². The van der Waals surface area contributed by atoms with Crippen LogP contribution in [0.5, 0.6) is 0 Å². The van der Waals surface area contributed by atoms with Gasteiger partial charge in [-0.05, 0) is 30.0 Å². The molecule has 1 rings (SSSR count). The summed E-state index contributed by atoms with van der Waals surface area (Å²) in [5, 5.41) is 12.9. The minimum atomic E-state index is -1.04. The molecule has 0 aliphatic carbocycles. The Balaban J connectivity index is 2.65. The molecule has 0 amide bonds. The quantitative estimate of drug-likeness (QED) is 0.758. The second kappa shape index (κ2) is 8.05. The molecule has 0 heterocycles. The van der Waals surface area contributed by atoms with Crippen molar-refractivity contribution < 1.29 is 23.4 Å². The minimum absolute atomic E-state index is 0.0392. The molecule has 0 radical (unpaired) electrons. The Labute approximate surface area is 123 Å². The second-order valence-corrected chi connectivity index (χ2v) is 5.30. The molecule has 0 saturated carbocycles. The molecule has 0 aliphatic rings. The Morgan fingerprint density at radius 2 is 2.00 bits per heavy atom. The molecule has 2 atom stereocenters. The summed E-state index contributed by atoms with van der Waals surface area (Å²) >= 11 is 0. The van der Waals surface area contributed by atoms with Crippen molar-refractivity contribution in [3.63, 3.8) is 0 Å². The molecule has 0 spiro atoms. The molecule has 2 N–H and O–H groups in total. The highest BCUT2D eigenvalue weighted by atomic mass is 19.2. The summed E-state index contributed by atoms with van der Waals surface area (Å²) in [6.45, 7) is 3.96. The molecule has 0 fully saturated rings. The molecule has 0 bridgehead atoms. The summed E-state index contributed by atoms with van der Waals surface area (Å²) in [5.41, 5.74) is 0.245. The van der Waals surface area contributed by atoms with Gasteiger partial charge in [-0.25, -0.2) is 8.78 Å². The standard InChI is InChI=1S/C15H21F2NO3/c1-9(2)6-13(15(20)21-3)18-8-14(19)10-4-5-11(16)12(17)7-10/h4-5,7,9,13-14,18-19H,6,8H2,1-3H3. The van der Waals surface area contributed by atoms with Gasteiger partial charge in [0.15, 0.2) is 11.6 Å². The normalized spacial score (nSPS) is 14.0. The van der Waals surface area contributed by atoms with E-state index in [0.29, 0.717) is 6.42 Å². The van der Waals surface area contributed by atoms with Crippen molar-refractivity contribution in [1.82, 2.24) is 5.32 Å². The molecule has 1 aromatic carbocycles. The number of ether oxygens (including phenoxy) is 1. The van der Waals surface area contributed by atoms with Crippen molar-refractivity contribution >= 4 is 5.97 Å². The largest absolute Gasteiger partial charge is 0.468 e. The van der Waals surface area contributed by atoms with Crippen LogP contribution in [0.4, 0.5) is 8.78 Å². The van der Waals surface area contributed by atoms with Gasteiger partial charge in [0.05, 0.1) is 13.2 Å². The van der Waals surface area contributed by atoms with Crippen molar-refractivity contribution in [2.75, 3.05) is 13.7 Å². The van der Waals surface area contributed by atoms with Gasteiger partial charge in [-0.15, -0.1) is 0 Å². The van der Waals surface area contributed by atoms with Crippen molar-refractivity contribution in [3.05, 3.63) is 35.4 Å². The average molecular weight is 301 g/mol. The number of carbonyl (C=O) groups is 1. The van der Waals surface area contributed by atoms with Crippen LogP contribution in [0.15, 0.2) is 18.2 Å². The molecule has 6 heteroatoms. The van der Waals surface area contributed by atoms with E-state index >= 15 is 0 Å². The number of nitrogens with one attached hydrogen (secondary N) is 1. The molecular formula is C15H21F2NO3. The minimum Gasteiger partial charge on any atom is -0.468 e. The maximum Gasteiger partial charge on any atom is 0.322 e. The third-order valence-electron chi connectivity index (χ3n) is 3.08. The van der Waals surface area contributed by atoms with Crippen LogP contribution in [0.1, 0.15) is 31.9 Å². The predicted octanol–water partition coefficient (Wildman–Crippen LogP) is 2.18. The topological polar surface area (TPSA) is 58.6 Å². The first kappa shape index (κ1) is 17.5. The third-order valence-corrected chi connectivity index (χ3v) is 3.08. The van der Waals surface area contributed by atoms with Crippen LogP contribution in [0.2, 0.25) is 0 Å². The molecule has 118 valence electrons. The van der Waals surface area contributed by atoms with Gasteiger partial charge in [0, 0.05) is 6.54 Å². The van der Waals surface area contributed by atoms with E-state index in [0.717, 1.165) is 12.1 Å². The zero-order valence-corrected chi connectivity index (χ0v) is 12.4. The number of aliphatic hydroxyl groups is 1. The van der Waals surface area contributed by atoms with Crippen LogP contribution in [0, 0.1) is 17.6 Å². The Kier molecular flexibility index (Phi) is 6.71. The third kappa shape index (κ3) is 5.40. The van der Waals surface area contributed by atoms with Crippen molar-refractivity contribution in [2.45, 2.75) is 32.4 Å². The van der Waals surface area contributed by atoms with Gasteiger partial charge in [-0.1, -0.05) is 19.9 Å². The lowest BCUT2D eigenvalue weighted by molar-refractivity contribution is -0.143. The van der Waals surface area contributed by atoms with Crippen LogP contribution in [-0.4, -0.2) is 30.8 Å². The number of hydrogen-bond acceptors (Lipinski definition) is 4. The van der Waals surface area contributed by atoms with Gasteiger partial charge in [0.25, 0.3) is 0 Å². The van der Waals surface area contributed by atoms with Gasteiger partial charge in [-0.3, -0.25) is 4.79 Å². The van der Waals surface area contributed by atoms with E-state index in [9.17, 15) is 18.7 Å². The SMILES string of the molecule is COC(=O)C(CC(C)C)NCC(O)c1ccc(F)c(F)c1. The van der Waals surface area contributed by atoms with E-state index in [4.69, 9.17) is 4.74 Å². The number of benzene rings is 1. The van der Waals surface area contributed by atoms with Crippen molar-refractivity contribution in [2.24, 2.45) is 5.92 Å². The van der Waals surface area contributed by atoms with Crippen molar-refractivity contribution in [3.8, 4) is 0 Å². The van der Waals surface area contributed by atoms with E-state index in [1.54, 1.807) is 0 Å². The zero-order valence-electron chi connectivity index (χ0n) is 12.4.